The lowest BCUT2D eigenvalue weighted by molar-refractivity contribution is -0.119. The number of fused-ring (bicyclic) bond motifs is 1. The third kappa shape index (κ3) is 3.34. The number of imide groups is 1. The van der Waals surface area contributed by atoms with Gasteiger partial charge in [-0.2, -0.15) is 0 Å². The number of anilines is 1. The van der Waals surface area contributed by atoms with E-state index in [1.807, 2.05) is 49.4 Å². The second-order valence-electron chi connectivity index (χ2n) is 4.65. The van der Waals surface area contributed by atoms with E-state index < -0.39 is 17.3 Å². The highest BCUT2D eigenvalue weighted by molar-refractivity contribution is 6.31. The molecule has 0 aliphatic heterocycles. The molecule has 0 saturated carbocycles. The number of benzene rings is 2. The summed E-state index contributed by atoms with van der Waals surface area (Å²) in [6.45, 7) is 3.83. The molecule has 0 aromatic heterocycles. The van der Waals surface area contributed by atoms with Gasteiger partial charge in [0.2, 0.25) is 5.91 Å². The SMILES string of the molecule is CCN(C(=O)NC(=O)C(C)Cl)c1cccc2ccccc12. The Morgan fingerprint density at radius 1 is 1.19 bits per heavy atom. The lowest BCUT2D eigenvalue weighted by Crippen LogP contribution is -2.45. The number of alkyl halides is 1. The second-order valence-corrected chi connectivity index (χ2v) is 5.31. The molecule has 2 rings (SSSR count). The summed E-state index contributed by atoms with van der Waals surface area (Å²) in [6, 6.07) is 13.1. The summed E-state index contributed by atoms with van der Waals surface area (Å²) >= 11 is 5.68. The van der Waals surface area contributed by atoms with Crippen LogP contribution in [0.15, 0.2) is 42.5 Å². The number of nitrogens with zero attached hydrogens (tertiary/aromatic N) is 1. The first-order valence-electron chi connectivity index (χ1n) is 6.78. The maximum atomic E-state index is 12.3. The number of amides is 3. The van der Waals surface area contributed by atoms with Crippen molar-refractivity contribution < 1.29 is 9.59 Å². The summed E-state index contributed by atoms with van der Waals surface area (Å²) in [5.41, 5.74) is 0.767. The number of rotatable bonds is 3. The molecule has 5 heteroatoms. The van der Waals surface area contributed by atoms with Crippen molar-refractivity contribution in [3.05, 3.63) is 42.5 Å². The monoisotopic (exact) mass is 304 g/mol. The molecule has 0 aliphatic rings. The van der Waals surface area contributed by atoms with Crippen LogP contribution in [-0.4, -0.2) is 23.9 Å². The molecule has 0 fully saturated rings. The van der Waals surface area contributed by atoms with Crippen molar-refractivity contribution in [2.24, 2.45) is 0 Å². The summed E-state index contributed by atoms with van der Waals surface area (Å²) in [5, 5.41) is 3.56. The van der Waals surface area contributed by atoms with E-state index in [1.165, 1.54) is 11.8 Å². The van der Waals surface area contributed by atoms with Crippen molar-refractivity contribution in [1.82, 2.24) is 5.32 Å². The largest absolute Gasteiger partial charge is 0.328 e. The van der Waals surface area contributed by atoms with E-state index in [9.17, 15) is 9.59 Å². The molecule has 0 radical (unpaired) electrons. The molecule has 4 nitrogen and oxygen atoms in total. The van der Waals surface area contributed by atoms with E-state index >= 15 is 0 Å². The van der Waals surface area contributed by atoms with E-state index in [1.54, 1.807) is 0 Å². The van der Waals surface area contributed by atoms with Crippen LogP contribution in [0.5, 0.6) is 0 Å². The van der Waals surface area contributed by atoms with Crippen LogP contribution in [-0.2, 0) is 4.79 Å². The average Bonchev–Trinajstić information content (AvgIpc) is 2.48. The standard InChI is InChI=1S/C16H17ClN2O2/c1-3-19(16(21)18-15(20)11(2)17)14-10-6-8-12-7-4-5-9-13(12)14/h4-11H,3H2,1-2H3,(H,18,20,21). The fourth-order valence-electron chi connectivity index (χ4n) is 2.14. The molecule has 2 aromatic rings. The summed E-state index contributed by atoms with van der Waals surface area (Å²) in [4.78, 5) is 25.4. The van der Waals surface area contributed by atoms with E-state index in [4.69, 9.17) is 11.6 Å². The van der Waals surface area contributed by atoms with Crippen LogP contribution in [0.3, 0.4) is 0 Å². The summed E-state index contributed by atoms with van der Waals surface area (Å²) in [6.07, 6.45) is 0. The Hall–Kier alpha value is -2.07. The van der Waals surface area contributed by atoms with E-state index in [0.29, 0.717) is 6.54 Å². The number of hydrogen-bond donors (Lipinski definition) is 1. The van der Waals surface area contributed by atoms with Crippen LogP contribution >= 0.6 is 11.6 Å². The molecular weight excluding hydrogens is 288 g/mol. The topological polar surface area (TPSA) is 49.4 Å². The summed E-state index contributed by atoms with van der Waals surface area (Å²) in [7, 11) is 0. The molecule has 21 heavy (non-hydrogen) atoms. The van der Waals surface area contributed by atoms with Crippen molar-refractivity contribution in [2.45, 2.75) is 19.2 Å². The lowest BCUT2D eigenvalue weighted by atomic mass is 10.1. The van der Waals surface area contributed by atoms with Gasteiger partial charge in [-0.05, 0) is 25.3 Å². The number of nitrogens with one attached hydrogen (secondary N) is 1. The molecule has 0 heterocycles. The van der Waals surface area contributed by atoms with Gasteiger partial charge in [0, 0.05) is 11.9 Å². The fourth-order valence-corrected chi connectivity index (χ4v) is 2.19. The van der Waals surface area contributed by atoms with Crippen LogP contribution in [0.25, 0.3) is 10.8 Å². The zero-order chi connectivity index (χ0) is 15.4. The quantitative estimate of drug-likeness (QED) is 0.882. The molecule has 110 valence electrons. The zero-order valence-corrected chi connectivity index (χ0v) is 12.7. The maximum Gasteiger partial charge on any atom is 0.328 e. The van der Waals surface area contributed by atoms with Gasteiger partial charge in [0.1, 0.15) is 5.38 Å². The molecule has 1 unspecified atom stereocenters. The van der Waals surface area contributed by atoms with Crippen molar-refractivity contribution >= 4 is 40.0 Å². The molecule has 0 saturated heterocycles. The molecular formula is C16H17ClN2O2. The number of halogens is 1. The van der Waals surface area contributed by atoms with Crippen molar-refractivity contribution in [2.75, 3.05) is 11.4 Å². The van der Waals surface area contributed by atoms with Gasteiger partial charge in [-0.25, -0.2) is 4.79 Å². The molecule has 2 aromatic carbocycles. The van der Waals surface area contributed by atoms with Crippen molar-refractivity contribution in [1.29, 1.82) is 0 Å². The Balaban J connectivity index is 2.36. The smallest absolute Gasteiger partial charge is 0.294 e. The van der Waals surface area contributed by atoms with E-state index in [2.05, 4.69) is 5.32 Å². The highest BCUT2D eigenvalue weighted by Crippen LogP contribution is 2.26. The molecule has 3 amide bonds. The Labute approximate surface area is 128 Å². The van der Waals surface area contributed by atoms with Crippen LogP contribution in [0, 0.1) is 0 Å². The van der Waals surface area contributed by atoms with Crippen LogP contribution in [0.1, 0.15) is 13.8 Å². The van der Waals surface area contributed by atoms with Gasteiger partial charge in [-0.3, -0.25) is 15.0 Å². The number of carbonyl (C=O) groups is 2. The summed E-state index contributed by atoms with van der Waals surface area (Å²) < 4.78 is 0. The third-order valence-corrected chi connectivity index (χ3v) is 3.41. The predicted molar refractivity (Wildman–Crippen MR) is 85.8 cm³/mol. The van der Waals surface area contributed by atoms with E-state index in [-0.39, 0.29) is 0 Å². The van der Waals surface area contributed by atoms with Gasteiger partial charge >= 0.3 is 6.03 Å². The van der Waals surface area contributed by atoms with Gasteiger partial charge in [0.25, 0.3) is 0 Å². The van der Waals surface area contributed by atoms with E-state index in [0.717, 1.165) is 16.5 Å². The van der Waals surface area contributed by atoms with Gasteiger partial charge in [0.05, 0.1) is 5.69 Å². The van der Waals surface area contributed by atoms with Gasteiger partial charge < -0.3 is 0 Å². The minimum Gasteiger partial charge on any atom is -0.294 e. The third-order valence-electron chi connectivity index (χ3n) is 3.21. The highest BCUT2D eigenvalue weighted by atomic mass is 35.5. The Bertz CT molecular complexity index is 665. The van der Waals surface area contributed by atoms with Gasteiger partial charge in [-0.15, -0.1) is 11.6 Å². The maximum absolute atomic E-state index is 12.3. The molecule has 0 bridgehead atoms. The van der Waals surface area contributed by atoms with Gasteiger partial charge in [-0.1, -0.05) is 36.4 Å². The Morgan fingerprint density at radius 3 is 2.52 bits per heavy atom. The van der Waals surface area contributed by atoms with Crippen LogP contribution in [0.2, 0.25) is 0 Å². The molecule has 1 N–H and O–H groups in total. The predicted octanol–water partition coefficient (Wildman–Crippen LogP) is 3.53. The lowest BCUT2D eigenvalue weighted by Gasteiger charge is -2.23. The van der Waals surface area contributed by atoms with Gasteiger partial charge in [0.15, 0.2) is 0 Å². The molecule has 0 spiro atoms. The fraction of sp³-hybridized carbons (Fsp3) is 0.250. The highest BCUT2D eigenvalue weighted by Gasteiger charge is 2.20. The average molecular weight is 305 g/mol. The minimum atomic E-state index is -0.750. The van der Waals surface area contributed by atoms with Crippen LogP contribution in [0.4, 0.5) is 10.5 Å². The van der Waals surface area contributed by atoms with Crippen LogP contribution < -0.4 is 10.2 Å². The number of carbonyl (C=O) groups excluding carboxylic acids is 2. The molecule has 1 atom stereocenters. The number of hydrogen-bond acceptors (Lipinski definition) is 2. The zero-order valence-electron chi connectivity index (χ0n) is 12.0. The summed E-state index contributed by atoms with van der Waals surface area (Å²) in [5.74, 6) is -0.500. The minimum absolute atomic E-state index is 0.448. The van der Waals surface area contributed by atoms with Crippen molar-refractivity contribution in [3.8, 4) is 0 Å². The Kier molecular flexibility index (Phi) is 4.81. The number of urea groups is 1. The Morgan fingerprint density at radius 2 is 1.86 bits per heavy atom. The second kappa shape index (κ2) is 6.59. The normalized spacial score (nSPS) is 12.0. The first-order valence-corrected chi connectivity index (χ1v) is 7.22. The first kappa shape index (κ1) is 15.3. The molecule has 0 aliphatic carbocycles. The van der Waals surface area contributed by atoms with Crippen molar-refractivity contribution in [3.63, 3.8) is 0 Å². The first-order chi connectivity index (χ1) is 10.0.